The maximum absolute atomic E-state index is 12.0. The van der Waals surface area contributed by atoms with E-state index in [-0.39, 0.29) is 16.3 Å². The van der Waals surface area contributed by atoms with Crippen LogP contribution in [-0.2, 0) is 9.59 Å². The second-order valence-electron chi connectivity index (χ2n) is 4.30. The quantitative estimate of drug-likeness (QED) is 0.873. The number of pyridine rings is 1. The number of thioether (sulfide) groups is 1. The molecule has 96 valence electrons. The summed E-state index contributed by atoms with van der Waals surface area (Å²) in [5, 5.41) is 0.0412. The monoisotopic (exact) mass is 265 g/mol. The Morgan fingerprint density at radius 3 is 2.94 bits per heavy atom. The van der Waals surface area contributed by atoms with E-state index >= 15 is 0 Å². The van der Waals surface area contributed by atoms with E-state index in [9.17, 15) is 9.59 Å². The summed E-state index contributed by atoms with van der Waals surface area (Å²) in [5.74, 6) is 0.355. The number of anilines is 2. The van der Waals surface area contributed by atoms with Gasteiger partial charge in [0.25, 0.3) is 0 Å². The van der Waals surface area contributed by atoms with Gasteiger partial charge in [-0.15, -0.1) is 0 Å². The number of carbonyl (C=O) groups excluding carboxylic acids is 2. The highest BCUT2D eigenvalue weighted by molar-refractivity contribution is 8.14. The summed E-state index contributed by atoms with van der Waals surface area (Å²) in [4.78, 5) is 28.7. The van der Waals surface area contributed by atoms with Crippen molar-refractivity contribution in [3.8, 4) is 0 Å². The normalized spacial score (nSPS) is 19.3. The van der Waals surface area contributed by atoms with Crippen LogP contribution in [0.3, 0.4) is 0 Å². The smallest absolute Gasteiger partial charge is 0.228 e. The van der Waals surface area contributed by atoms with Gasteiger partial charge in [0.05, 0.1) is 5.69 Å². The number of nitrogens with zero attached hydrogens (tertiary/aromatic N) is 2. The van der Waals surface area contributed by atoms with Gasteiger partial charge in [0.2, 0.25) is 5.91 Å². The minimum Gasteiger partial charge on any atom is -0.382 e. The van der Waals surface area contributed by atoms with Crippen molar-refractivity contribution in [3.63, 3.8) is 0 Å². The van der Waals surface area contributed by atoms with E-state index in [1.807, 2.05) is 13.0 Å². The molecule has 1 aliphatic heterocycles. The Balaban J connectivity index is 2.24. The zero-order chi connectivity index (χ0) is 13.3. The molecule has 1 amide bonds. The van der Waals surface area contributed by atoms with Gasteiger partial charge in [0.1, 0.15) is 5.82 Å². The Kier molecular flexibility index (Phi) is 3.56. The van der Waals surface area contributed by atoms with Gasteiger partial charge < -0.3 is 10.6 Å². The number of aromatic nitrogens is 1. The third-order valence-electron chi connectivity index (χ3n) is 2.85. The zero-order valence-electron chi connectivity index (χ0n) is 10.3. The molecular formula is C12H15N3O2S. The highest BCUT2D eigenvalue weighted by atomic mass is 32.2. The fourth-order valence-electron chi connectivity index (χ4n) is 2.13. The molecule has 0 aromatic carbocycles. The average molecular weight is 265 g/mol. The second-order valence-corrected chi connectivity index (χ2v) is 5.78. The average Bonchev–Trinajstić information content (AvgIpc) is 2.58. The van der Waals surface area contributed by atoms with Crippen molar-refractivity contribution in [2.75, 3.05) is 17.2 Å². The third kappa shape index (κ3) is 2.48. The van der Waals surface area contributed by atoms with Crippen LogP contribution < -0.4 is 10.6 Å². The van der Waals surface area contributed by atoms with Crippen molar-refractivity contribution in [1.29, 1.82) is 0 Å². The molecule has 1 aromatic heterocycles. The van der Waals surface area contributed by atoms with Crippen LogP contribution in [0.2, 0.25) is 0 Å². The molecule has 1 aliphatic rings. The number of amides is 1. The van der Waals surface area contributed by atoms with Gasteiger partial charge in [-0.1, -0.05) is 11.8 Å². The SMILES string of the molecule is CC(=O)SC1CC(=O)N(c2c(C)ccnc2N)C1. The van der Waals surface area contributed by atoms with Gasteiger partial charge >= 0.3 is 0 Å². The molecule has 0 saturated carbocycles. The van der Waals surface area contributed by atoms with Crippen LogP contribution >= 0.6 is 11.8 Å². The summed E-state index contributed by atoms with van der Waals surface area (Å²) in [7, 11) is 0. The summed E-state index contributed by atoms with van der Waals surface area (Å²) in [6, 6.07) is 1.82. The third-order valence-corrected chi connectivity index (χ3v) is 3.83. The van der Waals surface area contributed by atoms with Crippen LogP contribution in [0.1, 0.15) is 18.9 Å². The Hall–Kier alpha value is -1.56. The maximum atomic E-state index is 12.0. The molecule has 1 aromatic rings. The van der Waals surface area contributed by atoms with Crippen molar-refractivity contribution < 1.29 is 9.59 Å². The number of hydrogen-bond acceptors (Lipinski definition) is 5. The first-order valence-corrected chi connectivity index (χ1v) is 6.55. The number of nitrogen functional groups attached to an aromatic ring is 1. The van der Waals surface area contributed by atoms with Crippen molar-refractivity contribution in [1.82, 2.24) is 4.98 Å². The molecule has 0 spiro atoms. The first-order valence-electron chi connectivity index (χ1n) is 5.67. The molecule has 1 atom stereocenters. The molecule has 1 saturated heterocycles. The molecule has 18 heavy (non-hydrogen) atoms. The Bertz CT molecular complexity index is 484. The summed E-state index contributed by atoms with van der Waals surface area (Å²) >= 11 is 1.21. The van der Waals surface area contributed by atoms with E-state index in [1.54, 1.807) is 11.1 Å². The van der Waals surface area contributed by atoms with E-state index in [2.05, 4.69) is 4.98 Å². The van der Waals surface area contributed by atoms with Crippen LogP contribution in [0.5, 0.6) is 0 Å². The minimum absolute atomic E-state index is 0.00319. The standard InChI is InChI=1S/C12H15N3O2S/c1-7-3-4-14-12(13)11(7)15-6-9(5-10(15)17)18-8(2)16/h3-4,9H,5-6H2,1-2H3,(H2,13,14). The number of aryl methyl sites for hydroxylation is 1. The van der Waals surface area contributed by atoms with Crippen LogP contribution in [0.25, 0.3) is 0 Å². The topological polar surface area (TPSA) is 76.3 Å². The molecule has 1 unspecified atom stereocenters. The van der Waals surface area contributed by atoms with Crippen LogP contribution in [0, 0.1) is 6.92 Å². The lowest BCUT2D eigenvalue weighted by molar-refractivity contribution is -0.117. The summed E-state index contributed by atoms with van der Waals surface area (Å²) in [6.07, 6.45) is 1.99. The second kappa shape index (κ2) is 4.97. The number of carbonyl (C=O) groups is 2. The molecule has 2 rings (SSSR count). The fraction of sp³-hybridized carbons (Fsp3) is 0.417. The molecule has 6 heteroatoms. The fourth-order valence-corrected chi connectivity index (χ4v) is 3.05. The number of hydrogen-bond donors (Lipinski definition) is 1. The van der Waals surface area contributed by atoms with Crippen LogP contribution in [-0.4, -0.2) is 27.8 Å². The van der Waals surface area contributed by atoms with Gasteiger partial charge in [-0.05, 0) is 18.6 Å². The van der Waals surface area contributed by atoms with Gasteiger partial charge in [-0.3, -0.25) is 9.59 Å². The predicted molar refractivity (Wildman–Crippen MR) is 72.4 cm³/mol. The molecule has 2 heterocycles. The van der Waals surface area contributed by atoms with Crippen LogP contribution in [0.15, 0.2) is 12.3 Å². The van der Waals surface area contributed by atoms with Gasteiger partial charge in [0, 0.05) is 31.3 Å². The first-order chi connectivity index (χ1) is 8.49. The Morgan fingerprint density at radius 2 is 2.33 bits per heavy atom. The predicted octanol–water partition coefficient (Wildman–Crippen LogP) is 1.36. The van der Waals surface area contributed by atoms with Gasteiger partial charge in [0.15, 0.2) is 5.12 Å². The lowest BCUT2D eigenvalue weighted by Crippen LogP contribution is -2.27. The minimum atomic E-state index is -0.00319. The zero-order valence-corrected chi connectivity index (χ0v) is 11.2. The summed E-state index contributed by atoms with van der Waals surface area (Å²) in [5.41, 5.74) is 7.43. The largest absolute Gasteiger partial charge is 0.382 e. The van der Waals surface area contributed by atoms with Crippen molar-refractivity contribution >= 4 is 34.3 Å². The van der Waals surface area contributed by atoms with E-state index in [0.29, 0.717) is 24.5 Å². The lowest BCUT2D eigenvalue weighted by atomic mass is 10.2. The van der Waals surface area contributed by atoms with E-state index in [4.69, 9.17) is 5.73 Å². The highest BCUT2D eigenvalue weighted by Crippen LogP contribution is 2.33. The van der Waals surface area contributed by atoms with E-state index in [1.165, 1.54) is 18.7 Å². The van der Waals surface area contributed by atoms with Crippen LogP contribution in [0.4, 0.5) is 11.5 Å². The molecule has 0 radical (unpaired) electrons. The molecule has 1 fully saturated rings. The highest BCUT2D eigenvalue weighted by Gasteiger charge is 2.33. The molecule has 2 N–H and O–H groups in total. The molecule has 0 bridgehead atoms. The summed E-state index contributed by atoms with van der Waals surface area (Å²) in [6.45, 7) is 3.92. The van der Waals surface area contributed by atoms with Gasteiger partial charge in [-0.2, -0.15) is 0 Å². The van der Waals surface area contributed by atoms with Crippen molar-refractivity contribution in [2.45, 2.75) is 25.5 Å². The number of rotatable bonds is 2. The van der Waals surface area contributed by atoms with E-state index < -0.39 is 0 Å². The van der Waals surface area contributed by atoms with Gasteiger partial charge in [-0.25, -0.2) is 4.98 Å². The maximum Gasteiger partial charge on any atom is 0.228 e. The van der Waals surface area contributed by atoms with Crippen molar-refractivity contribution in [3.05, 3.63) is 17.8 Å². The molecular weight excluding hydrogens is 250 g/mol. The number of nitrogens with two attached hydrogens (primary N) is 1. The Morgan fingerprint density at radius 1 is 1.61 bits per heavy atom. The first kappa shape index (κ1) is 12.9. The Labute approximate surface area is 110 Å². The lowest BCUT2D eigenvalue weighted by Gasteiger charge is -2.20. The van der Waals surface area contributed by atoms with Crippen molar-refractivity contribution in [2.24, 2.45) is 0 Å². The molecule has 5 nitrogen and oxygen atoms in total. The van der Waals surface area contributed by atoms with E-state index in [0.717, 1.165) is 5.56 Å². The molecule has 0 aliphatic carbocycles. The summed E-state index contributed by atoms with van der Waals surface area (Å²) < 4.78 is 0.